The molecular formula is C21H27N5O3. The molecule has 2 heterocycles. The Morgan fingerprint density at radius 1 is 1.07 bits per heavy atom. The fraction of sp³-hybridized carbons (Fsp3) is 0.429. The molecule has 3 rings (SSSR count). The minimum Gasteiger partial charge on any atom is -0.450 e. The fourth-order valence-electron chi connectivity index (χ4n) is 3.30. The van der Waals surface area contributed by atoms with Gasteiger partial charge in [-0.3, -0.25) is 4.79 Å². The Hall–Kier alpha value is -3.16. The molecule has 29 heavy (non-hydrogen) atoms. The van der Waals surface area contributed by atoms with Gasteiger partial charge in [-0.15, -0.1) is 0 Å². The van der Waals surface area contributed by atoms with E-state index in [-0.39, 0.29) is 12.0 Å². The predicted molar refractivity (Wildman–Crippen MR) is 111 cm³/mol. The lowest BCUT2D eigenvalue weighted by molar-refractivity contribution is 0.102. The zero-order chi connectivity index (χ0) is 21.0. The first-order valence-corrected chi connectivity index (χ1v) is 9.79. The normalized spacial score (nSPS) is 13.9. The first-order chi connectivity index (χ1) is 13.9. The third-order valence-electron chi connectivity index (χ3n) is 4.88. The maximum absolute atomic E-state index is 12.8. The van der Waals surface area contributed by atoms with Crippen molar-refractivity contribution in [3.8, 4) is 0 Å². The molecular weight excluding hydrogens is 370 g/mol. The molecule has 1 saturated heterocycles. The van der Waals surface area contributed by atoms with Crippen molar-refractivity contribution in [2.75, 3.05) is 43.0 Å². The summed E-state index contributed by atoms with van der Waals surface area (Å²) in [5.41, 5.74) is 3.84. The molecule has 0 radical (unpaired) electrons. The number of nitrogens with zero attached hydrogens (tertiary/aromatic N) is 4. The molecule has 1 N–H and O–H groups in total. The number of carbonyl (C=O) groups excluding carboxylic acids is 2. The summed E-state index contributed by atoms with van der Waals surface area (Å²) in [6.45, 7) is 10.1. The van der Waals surface area contributed by atoms with Gasteiger partial charge >= 0.3 is 6.09 Å². The van der Waals surface area contributed by atoms with Crippen LogP contribution in [0.1, 0.15) is 34.2 Å². The van der Waals surface area contributed by atoms with E-state index < -0.39 is 0 Å². The van der Waals surface area contributed by atoms with E-state index in [1.165, 1.54) is 0 Å². The van der Waals surface area contributed by atoms with E-state index in [1.54, 1.807) is 17.9 Å². The van der Waals surface area contributed by atoms with Gasteiger partial charge in [-0.2, -0.15) is 0 Å². The number of aromatic nitrogens is 2. The molecule has 1 aliphatic rings. The number of amides is 2. The lowest BCUT2D eigenvalue weighted by Crippen LogP contribution is -2.49. The van der Waals surface area contributed by atoms with Crippen LogP contribution in [0.5, 0.6) is 0 Å². The van der Waals surface area contributed by atoms with Gasteiger partial charge in [0.1, 0.15) is 5.69 Å². The molecule has 0 atom stereocenters. The van der Waals surface area contributed by atoms with Crippen molar-refractivity contribution in [3.05, 3.63) is 46.8 Å². The summed E-state index contributed by atoms with van der Waals surface area (Å²) in [4.78, 5) is 37.3. The second-order valence-corrected chi connectivity index (χ2v) is 7.09. The number of rotatable bonds is 4. The number of nitrogens with one attached hydrogen (secondary N) is 1. The number of hydrogen-bond acceptors (Lipinski definition) is 6. The molecule has 0 spiro atoms. The van der Waals surface area contributed by atoms with Crippen LogP contribution in [0.2, 0.25) is 0 Å². The molecule has 154 valence electrons. The largest absolute Gasteiger partial charge is 0.450 e. The Balaban J connectivity index is 1.73. The summed E-state index contributed by atoms with van der Waals surface area (Å²) in [6, 6.07) is 7.56. The fourth-order valence-corrected chi connectivity index (χ4v) is 3.30. The molecule has 0 aliphatic carbocycles. The second-order valence-electron chi connectivity index (χ2n) is 7.09. The van der Waals surface area contributed by atoms with Crippen LogP contribution in [0.3, 0.4) is 0 Å². The Morgan fingerprint density at radius 3 is 2.34 bits per heavy atom. The molecule has 2 amide bonds. The van der Waals surface area contributed by atoms with Gasteiger partial charge in [-0.25, -0.2) is 14.8 Å². The molecule has 8 heteroatoms. The molecule has 1 fully saturated rings. The first-order valence-electron chi connectivity index (χ1n) is 9.79. The molecule has 1 aromatic heterocycles. The van der Waals surface area contributed by atoms with Crippen LogP contribution in [0, 0.1) is 20.8 Å². The minimum atomic E-state index is -0.300. The Kier molecular flexibility index (Phi) is 6.31. The maximum atomic E-state index is 12.8. The van der Waals surface area contributed by atoms with E-state index in [9.17, 15) is 9.59 Å². The van der Waals surface area contributed by atoms with E-state index in [2.05, 4.69) is 15.3 Å². The molecule has 1 aromatic carbocycles. The highest BCUT2D eigenvalue weighted by molar-refractivity contribution is 6.04. The van der Waals surface area contributed by atoms with Gasteiger partial charge in [-0.1, -0.05) is 18.2 Å². The van der Waals surface area contributed by atoms with Crippen LogP contribution in [0.15, 0.2) is 24.3 Å². The van der Waals surface area contributed by atoms with E-state index in [1.807, 2.05) is 43.9 Å². The lowest BCUT2D eigenvalue weighted by Gasteiger charge is -2.34. The summed E-state index contributed by atoms with van der Waals surface area (Å²) in [5, 5.41) is 2.97. The van der Waals surface area contributed by atoms with Crippen molar-refractivity contribution in [2.45, 2.75) is 27.7 Å². The number of ether oxygens (including phenoxy) is 1. The van der Waals surface area contributed by atoms with E-state index in [0.717, 1.165) is 22.5 Å². The number of benzene rings is 1. The van der Waals surface area contributed by atoms with Gasteiger partial charge < -0.3 is 19.9 Å². The Morgan fingerprint density at radius 2 is 1.72 bits per heavy atom. The van der Waals surface area contributed by atoms with E-state index in [0.29, 0.717) is 44.4 Å². The summed E-state index contributed by atoms with van der Waals surface area (Å²) in [7, 11) is 0. The van der Waals surface area contributed by atoms with Crippen LogP contribution < -0.4 is 10.2 Å². The highest BCUT2D eigenvalue weighted by atomic mass is 16.6. The van der Waals surface area contributed by atoms with Crippen molar-refractivity contribution in [1.82, 2.24) is 14.9 Å². The zero-order valence-corrected chi connectivity index (χ0v) is 17.4. The van der Waals surface area contributed by atoms with Gasteiger partial charge in [0, 0.05) is 37.6 Å². The monoisotopic (exact) mass is 397 g/mol. The van der Waals surface area contributed by atoms with Gasteiger partial charge in [-0.05, 0) is 44.9 Å². The van der Waals surface area contributed by atoms with Gasteiger partial charge in [0.15, 0.2) is 0 Å². The summed E-state index contributed by atoms with van der Waals surface area (Å²) in [5.74, 6) is 0.236. The number of aryl methyl sites for hydroxylation is 3. The molecule has 0 bridgehead atoms. The number of para-hydroxylation sites is 1. The number of hydrogen-bond donors (Lipinski definition) is 1. The smallest absolute Gasteiger partial charge is 0.409 e. The van der Waals surface area contributed by atoms with Crippen LogP contribution in [0.25, 0.3) is 0 Å². The minimum absolute atomic E-state index is 0.265. The third-order valence-corrected chi connectivity index (χ3v) is 4.88. The summed E-state index contributed by atoms with van der Waals surface area (Å²) >= 11 is 0. The Labute approximate surface area is 170 Å². The quantitative estimate of drug-likeness (QED) is 0.853. The molecule has 0 unspecified atom stereocenters. The van der Waals surface area contributed by atoms with Gasteiger partial charge in [0.2, 0.25) is 5.95 Å². The van der Waals surface area contributed by atoms with E-state index in [4.69, 9.17) is 4.74 Å². The number of piperazine rings is 1. The lowest BCUT2D eigenvalue weighted by atomic mass is 10.1. The topological polar surface area (TPSA) is 87.7 Å². The van der Waals surface area contributed by atoms with Crippen molar-refractivity contribution in [3.63, 3.8) is 0 Å². The van der Waals surface area contributed by atoms with Crippen LogP contribution >= 0.6 is 0 Å². The third kappa shape index (κ3) is 4.82. The number of anilines is 2. The molecule has 0 saturated carbocycles. The summed E-state index contributed by atoms with van der Waals surface area (Å²) in [6.07, 6.45) is -0.300. The van der Waals surface area contributed by atoms with Gasteiger partial charge in [0.25, 0.3) is 5.91 Å². The number of carbonyl (C=O) groups is 2. The average molecular weight is 397 g/mol. The van der Waals surface area contributed by atoms with Crippen LogP contribution in [0.4, 0.5) is 16.4 Å². The Bertz CT molecular complexity index is 887. The van der Waals surface area contributed by atoms with Crippen LogP contribution in [-0.4, -0.2) is 59.7 Å². The predicted octanol–water partition coefficient (Wildman–Crippen LogP) is 2.93. The van der Waals surface area contributed by atoms with Crippen molar-refractivity contribution < 1.29 is 14.3 Å². The van der Waals surface area contributed by atoms with Crippen molar-refractivity contribution >= 4 is 23.6 Å². The van der Waals surface area contributed by atoms with Crippen molar-refractivity contribution in [2.24, 2.45) is 0 Å². The van der Waals surface area contributed by atoms with E-state index >= 15 is 0 Å². The SMILES string of the molecule is CCOC(=O)N1CCN(c2nc(C)cc(C(=O)Nc3c(C)cccc3C)n2)CC1. The standard InChI is InChI=1S/C21H27N5O3/c1-5-29-21(28)26-11-9-25(10-12-26)20-22-16(4)13-17(23-20)19(27)24-18-14(2)7-6-8-15(18)3/h6-8,13H,5,9-12H2,1-4H3,(H,24,27). The molecule has 8 nitrogen and oxygen atoms in total. The van der Waals surface area contributed by atoms with Crippen molar-refractivity contribution in [1.29, 1.82) is 0 Å². The van der Waals surface area contributed by atoms with Crippen LogP contribution in [-0.2, 0) is 4.74 Å². The maximum Gasteiger partial charge on any atom is 0.409 e. The highest BCUT2D eigenvalue weighted by Crippen LogP contribution is 2.21. The molecule has 1 aliphatic heterocycles. The van der Waals surface area contributed by atoms with Gasteiger partial charge in [0.05, 0.1) is 6.61 Å². The summed E-state index contributed by atoms with van der Waals surface area (Å²) < 4.78 is 5.05. The average Bonchev–Trinajstić information content (AvgIpc) is 2.70. The first kappa shape index (κ1) is 20.6. The zero-order valence-electron chi connectivity index (χ0n) is 17.4. The second kappa shape index (κ2) is 8.89. The molecule has 2 aromatic rings. The highest BCUT2D eigenvalue weighted by Gasteiger charge is 2.24.